The zero-order valence-corrected chi connectivity index (χ0v) is 34.2. The van der Waals surface area contributed by atoms with Crippen molar-refractivity contribution in [3.63, 3.8) is 0 Å². The maximum atomic E-state index is 13.6. The number of amides is 5. The molecule has 3 N–H and O–H groups in total. The van der Waals surface area contributed by atoms with E-state index in [0.29, 0.717) is 70.7 Å². The Morgan fingerprint density at radius 2 is 1.52 bits per heavy atom. The highest BCUT2D eigenvalue weighted by atomic mass is 16.5. The van der Waals surface area contributed by atoms with Gasteiger partial charge in [-0.25, -0.2) is 14.6 Å². The molecule has 318 valence electrons. The molecule has 17 nitrogen and oxygen atoms in total. The lowest BCUT2D eigenvalue weighted by atomic mass is 9.95. The summed E-state index contributed by atoms with van der Waals surface area (Å²) in [6.45, 7) is 7.39. The zero-order valence-electron chi connectivity index (χ0n) is 34.2. The fourth-order valence-corrected chi connectivity index (χ4v) is 9.55. The van der Waals surface area contributed by atoms with Crippen molar-refractivity contribution in [2.45, 2.75) is 37.8 Å². The number of piperidine rings is 2. The van der Waals surface area contributed by atoms with Crippen LogP contribution >= 0.6 is 0 Å². The van der Waals surface area contributed by atoms with E-state index in [1.165, 1.54) is 6.33 Å². The van der Waals surface area contributed by atoms with Gasteiger partial charge in [0.2, 0.25) is 17.7 Å². The van der Waals surface area contributed by atoms with Crippen molar-refractivity contribution in [2.24, 2.45) is 5.92 Å². The molecule has 5 aromatic rings. The highest BCUT2D eigenvalue weighted by Gasteiger charge is 2.47. The maximum Gasteiger partial charge on any atom is 0.264 e. The predicted molar refractivity (Wildman–Crippen MR) is 228 cm³/mol. The summed E-state index contributed by atoms with van der Waals surface area (Å²) in [5.74, 6) is 0.389. The Bertz CT molecular complexity index is 2560. The van der Waals surface area contributed by atoms with E-state index in [1.54, 1.807) is 12.1 Å². The number of para-hydroxylation sites is 1. The van der Waals surface area contributed by atoms with Crippen molar-refractivity contribution >= 4 is 52.1 Å². The Morgan fingerprint density at radius 1 is 0.790 bits per heavy atom. The van der Waals surface area contributed by atoms with Crippen molar-refractivity contribution < 1.29 is 28.7 Å². The molecule has 62 heavy (non-hydrogen) atoms. The quantitative estimate of drug-likeness (QED) is 0.195. The molecular weight excluding hydrogens is 791 g/mol. The van der Waals surface area contributed by atoms with E-state index in [2.05, 4.69) is 30.0 Å². The van der Waals surface area contributed by atoms with Crippen LogP contribution in [-0.4, -0.2) is 140 Å². The Balaban J connectivity index is 0.696. The van der Waals surface area contributed by atoms with Crippen molar-refractivity contribution in [3.8, 4) is 22.8 Å². The molecule has 5 aliphatic rings. The number of piperazine rings is 1. The number of rotatable bonds is 10. The number of benzene rings is 3. The number of aromatic nitrogens is 4. The van der Waals surface area contributed by atoms with E-state index >= 15 is 0 Å². The summed E-state index contributed by atoms with van der Waals surface area (Å²) in [6.07, 6.45) is 3.17. The number of hydrogen-bond donors (Lipinski definition) is 2. The van der Waals surface area contributed by atoms with Crippen LogP contribution in [0.15, 0.2) is 79.1 Å². The first-order valence-corrected chi connectivity index (χ1v) is 21.3. The number of nitrogens with one attached hydrogen (secondary N) is 1. The lowest BCUT2D eigenvalue weighted by Gasteiger charge is -2.45. The zero-order chi connectivity index (χ0) is 42.5. The number of carbonyl (C=O) groups excluding carboxylic acids is 5. The highest BCUT2D eigenvalue weighted by molar-refractivity contribution is 6.25. The first-order chi connectivity index (χ1) is 30.2. The van der Waals surface area contributed by atoms with Crippen LogP contribution in [0.5, 0.6) is 11.5 Å². The third kappa shape index (κ3) is 7.40. The van der Waals surface area contributed by atoms with Crippen molar-refractivity contribution in [1.29, 1.82) is 0 Å². The molecule has 10 rings (SSSR count). The number of ether oxygens (including phenoxy) is 1. The molecule has 0 radical (unpaired) electrons. The Labute approximate surface area is 357 Å². The number of hydrogen-bond acceptors (Lipinski definition) is 13. The van der Waals surface area contributed by atoms with Gasteiger partial charge in [0, 0.05) is 76.8 Å². The monoisotopic (exact) mass is 837 g/mol. The minimum Gasteiger partial charge on any atom is -0.457 e. The summed E-state index contributed by atoms with van der Waals surface area (Å²) in [5.41, 5.74) is 10.0. The minimum atomic E-state index is -0.990. The average molecular weight is 838 g/mol. The summed E-state index contributed by atoms with van der Waals surface area (Å²) in [5, 5.41) is 8.02. The van der Waals surface area contributed by atoms with Gasteiger partial charge >= 0.3 is 0 Å². The number of imide groups is 2. The summed E-state index contributed by atoms with van der Waals surface area (Å²) in [6, 6.07) is 21.7. The average Bonchev–Trinajstić information content (AvgIpc) is 3.79. The van der Waals surface area contributed by atoms with Gasteiger partial charge in [0.05, 0.1) is 34.8 Å². The highest BCUT2D eigenvalue weighted by Crippen LogP contribution is 2.38. The van der Waals surface area contributed by atoms with Crippen LogP contribution in [0.3, 0.4) is 0 Å². The largest absolute Gasteiger partial charge is 0.457 e. The summed E-state index contributed by atoms with van der Waals surface area (Å²) in [4.78, 5) is 83.4. The minimum absolute atomic E-state index is 0.0505. The lowest BCUT2D eigenvalue weighted by molar-refractivity contribution is -0.136. The molecule has 4 fully saturated rings. The van der Waals surface area contributed by atoms with Crippen LogP contribution in [0.2, 0.25) is 0 Å². The number of anilines is 2. The number of nitrogens with zero attached hydrogens (tertiary/aromatic N) is 9. The molecule has 0 bridgehead atoms. The lowest BCUT2D eigenvalue weighted by Crippen LogP contribution is -2.56. The Kier molecular flexibility index (Phi) is 10.4. The van der Waals surface area contributed by atoms with Gasteiger partial charge in [0.25, 0.3) is 11.8 Å². The van der Waals surface area contributed by atoms with Crippen LogP contribution in [0.25, 0.3) is 22.3 Å². The van der Waals surface area contributed by atoms with Crippen molar-refractivity contribution in [3.05, 3.63) is 90.3 Å². The van der Waals surface area contributed by atoms with Crippen molar-refractivity contribution in [2.75, 3.05) is 76.1 Å². The standard InChI is InChI=1S/C45H47N11O6/c46-41-39-40(29-9-11-32(12-10-29)62-31-5-2-1-3-6-31)50-56(42(39)48-27-47-41)30-15-17-53(18-16-30)37(58)26-52-21-19-51(20-22-52)23-28-24-54(25-28)34-8-4-7-33-38(34)45(61)55(44(33)60)35-13-14-36(57)49-43(35)59/h1-12,27-28,30,35H,13-26H2,(H2,46,47,48)(H,49,57,59). The first-order valence-electron chi connectivity index (χ1n) is 21.3. The Hall–Kier alpha value is -6.72. The van der Waals surface area contributed by atoms with Crippen LogP contribution < -0.4 is 20.7 Å². The number of likely N-dealkylation sites (tertiary alicyclic amines) is 1. The molecule has 17 heteroatoms. The molecule has 5 aliphatic heterocycles. The van der Waals surface area contributed by atoms with Crippen LogP contribution in [0.4, 0.5) is 11.5 Å². The van der Waals surface area contributed by atoms with Gasteiger partial charge in [-0.1, -0.05) is 24.3 Å². The van der Waals surface area contributed by atoms with E-state index in [4.69, 9.17) is 15.6 Å². The van der Waals surface area contributed by atoms with Crippen LogP contribution in [-0.2, 0) is 14.4 Å². The predicted octanol–water partition coefficient (Wildman–Crippen LogP) is 3.19. The molecule has 0 spiro atoms. The molecular formula is C45H47N11O6. The van der Waals surface area contributed by atoms with Gasteiger partial charge in [-0.3, -0.25) is 39.1 Å². The summed E-state index contributed by atoms with van der Waals surface area (Å²) < 4.78 is 7.95. The van der Waals surface area contributed by atoms with Gasteiger partial charge in [-0.15, -0.1) is 0 Å². The van der Waals surface area contributed by atoms with E-state index in [9.17, 15) is 24.0 Å². The molecule has 1 unspecified atom stereocenters. The molecule has 3 aromatic carbocycles. The van der Waals surface area contributed by atoms with Crippen molar-refractivity contribution in [1.82, 2.24) is 44.7 Å². The number of nitrogens with two attached hydrogens (primary N) is 1. The maximum absolute atomic E-state index is 13.6. The first kappa shape index (κ1) is 39.4. The fraction of sp³-hybridized carbons (Fsp3) is 0.378. The number of nitrogen functional groups attached to an aromatic ring is 1. The molecule has 0 saturated carbocycles. The molecule has 4 saturated heterocycles. The second kappa shape index (κ2) is 16.3. The van der Waals surface area contributed by atoms with E-state index in [1.807, 2.05) is 70.2 Å². The summed E-state index contributed by atoms with van der Waals surface area (Å²) in [7, 11) is 0. The summed E-state index contributed by atoms with van der Waals surface area (Å²) >= 11 is 0. The third-order valence-corrected chi connectivity index (χ3v) is 12.9. The molecule has 7 heterocycles. The molecule has 5 amide bonds. The molecule has 0 aliphatic carbocycles. The van der Waals surface area contributed by atoms with Gasteiger partial charge in [-0.2, -0.15) is 5.10 Å². The smallest absolute Gasteiger partial charge is 0.264 e. The second-order valence-electron chi connectivity index (χ2n) is 16.8. The number of fused-ring (bicyclic) bond motifs is 2. The van der Waals surface area contributed by atoms with Crippen LogP contribution in [0, 0.1) is 5.92 Å². The van der Waals surface area contributed by atoms with E-state index < -0.39 is 29.7 Å². The third-order valence-electron chi connectivity index (χ3n) is 12.9. The molecule has 1 atom stereocenters. The van der Waals surface area contributed by atoms with E-state index in [-0.39, 0.29) is 24.8 Å². The van der Waals surface area contributed by atoms with Gasteiger partial charge in [0.15, 0.2) is 5.65 Å². The normalized spacial score (nSPS) is 20.5. The number of carbonyl (C=O) groups is 5. The fourth-order valence-electron chi connectivity index (χ4n) is 9.55. The van der Waals surface area contributed by atoms with Gasteiger partial charge in [0.1, 0.15) is 35.4 Å². The van der Waals surface area contributed by atoms with Gasteiger partial charge < -0.3 is 25.2 Å². The topological polar surface area (TPSA) is 192 Å². The Morgan fingerprint density at radius 3 is 2.26 bits per heavy atom. The second-order valence-corrected chi connectivity index (χ2v) is 16.8. The van der Waals surface area contributed by atoms with Crippen LogP contribution in [0.1, 0.15) is 52.4 Å². The van der Waals surface area contributed by atoms with Gasteiger partial charge in [-0.05, 0) is 67.8 Å². The molecule has 2 aromatic heterocycles. The van der Waals surface area contributed by atoms with E-state index in [0.717, 1.165) is 74.9 Å². The SMILES string of the molecule is Nc1ncnc2c1c(-c1ccc(Oc3ccccc3)cc1)nn2C1CCN(C(=O)CN2CCN(CC3CN(c4cccc5c4C(=O)N(C4CCC(=O)NC4=O)C5=O)C3)CC2)CC1.